The van der Waals surface area contributed by atoms with Gasteiger partial charge in [0.1, 0.15) is 0 Å². The van der Waals surface area contributed by atoms with Gasteiger partial charge in [-0.05, 0) is 12.0 Å². The molecule has 0 unspecified atom stereocenters. The zero-order valence-corrected chi connectivity index (χ0v) is 7.33. The summed E-state index contributed by atoms with van der Waals surface area (Å²) in [5.41, 5.74) is 5.06. The van der Waals surface area contributed by atoms with Gasteiger partial charge in [0.25, 0.3) is 0 Å². The van der Waals surface area contributed by atoms with Crippen LogP contribution >= 0.6 is 0 Å². The molecule has 0 spiro atoms. The van der Waals surface area contributed by atoms with Gasteiger partial charge in [-0.2, -0.15) is 13.2 Å². The Hall–Kier alpha value is -0.290. The number of hydrogen-bond acceptors (Lipinski definition) is 2. The van der Waals surface area contributed by atoms with Gasteiger partial charge in [0.2, 0.25) is 0 Å². The van der Waals surface area contributed by atoms with Gasteiger partial charge in [-0.15, -0.1) is 0 Å². The standard InChI is InChI=1S/C7H15F3N2/c1-6(2,3-11)4-12-5-7(8,9)10/h12H,3-5,11H2,1-2H3. The lowest BCUT2D eigenvalue weighted by molar-refractivity contribution is -0.125. The van der Waals surface area contributed by atoms with Crippen LogP contribution in [0.25, 0.3) is 0 Å². The number of nitrogens with two attached hydrogens (primary N) is 1. The van der Waals surface area contributed by atoms with Crippen molar-refractivity contribution in [1.82, 2.24) is 5.32 Å². The molecule has 0 amide bonds. The van der Waals surface area contributed by atoms with E-state index in [1.165, 1.54) is 0 Å². The van der Waals surface area contributed by atoms with E-state index in [9.17, 15) is 13.2 Å². The van der Waals surface area contributed by atoms with Crippen LogP contribution in [-0.2, 0) is 0 Å². The quantitative estimate of drug-likeness (QED) is 0.687. The molecule has 0 aromatic carbocycles. The summed E-state index contributed by atoms with van der Waals surface area (Å²) in [6.45, 7) is 3.34. The summed E-state index contributed by atoms with van der Waals surface area (Å²) in [4.78, 5) is 0. The third kappa shape index (κ3) is 6.42. The molecule has 0 aliphatic rings. The van der Waals surface area contributed by atoms with Gasteiger partial charge in [0.05, 0.1) is 6.54 Å². The minimum Gasteiger partial charge on any atom is -0.330 e. The van der Waals surface area contributed by atoms with Gasteiger partial charge in [0.15, 0.2) is 0 Å². The third-order valence-corrected chi connectivity index (χ3v) is 1.48. The first-order valence-corrected chi connectivity index (χ1v) is 3.74. The molecule has 2 nitrogen and oxygen atoms in total. The van der Waals surface area contributed by atoms with Crippen LogP contribution in [0.2, 0.25) is 0 Å². The van der Waals surface area contributed by atoms with Crippen molar-refractivity contribution >= 4 is 0 Å². The molecule has 0 radical (unpaired) electrons. The summed E-state index contributed by atoms with van der Waals surface area (Å²) >= 11 is 0. The number of alkyl halides is 3. The molecule has 3 N–H and O–H groups in total. The van der Waals surface area contributed by atoms with Crippen LogP contribution in [0.5, 0.6) is 0 Å². The Morgan fingerprint density at radius 2 is 1.67 bits per heavy atom. The van der Waals surface area contributed by atoms with Crippen LogP contribution < -0.4 is 11.1 Å². The molecule has 0 fully saturated rings. The number of hydrogen-bond donors (Lipinski definition) is 2. The van der Waals surface area contributed by atoms with Crippen molar-refractivity contribution in [3.63, 3.8) is 0 Å². The van der Waals surface area contributed by atoms with Crippen molar-refractivity contribution in [2.75, 3.05) is 19.6 Å². The van der Waals surface area contributed by atoms with Gasteiger partial charge >= 0.3 is 6.18 Å². The Morgan fingerprint density at radius 3 is 2.00 bits per heavy atom. The highest BCUT2D eigenvalue weighted by atomic mass is 19.4. The Bertz CT molecular complexity index is 131. The van der Waals surface area contributed by atoms with E-state index in [1.54, 1.807) is 0 Å². The van der Waals surface area contributed by atoms with E-state index >= 15 is 0 Å². The number of halogens is 3. The van der Waals surface area contributed by atoms with E-state index in [-0.39, 0.29) is 12.0 Å². The summed E-state index contributed by atoms with van der Waals surface area (Å²) in [6, 6.07) is 0. The lowest BCUT2D eigenvalue weighted by Crippen LogP contribution is -2.39. The van der Waals surface area contributed by atoms with E-state index < -0.39 is 12.7 Å². The van der Waals surface area contributed by atoms with Crippen LogP contribution in [0.15, 0.2) is 0 Å². The van der Waals surface area contributed by atoms with E-state index in [2.05, 4.69) is 5.32 Å². The normalized spacial score (nSPS) is 13.5. The maximum absolute atomic E-state index is 11.6. The first-order chi connectivity index (χ1) is 5.27. The molecule has 0 aromatic rings. The number of rotatable bonds is 4. The summed E-state index contributed by atoms with van der Waals surface area (Å²) in [5, 5.41) is 2.31. The second-order valence-corrected chi connectivity index (χ2v) is 3.59. The van der Waals surface area contributed by atoms with Gasteiger partial charge in [-0.1, -0.05) is 13.8 Å². The lowest BCUT2D eigenvalue weighted by Gasteiger charge is -2.23. The van der Waals surface area contributed by atoms with Gasteiger partial charge in [0, 0.05) is 6.54 Å². The lowest BCUT2D eigenvalue weighted by atomic mass is 9.94. The molecule has 0 aliphatic heterocycles. The largest absolute Gasteiger partial charge is 0.401 e. The van der Waals surface area contributed by atoms with Crippen molar-refractivity contribution in [2.45, 2.75) is 20.0 Å². The molecular formula is C7H15F3N2. The zero-order valence-electron chi connectivity index (χ0n) is 7.33. The maximum Gasteiger partial charge on any atom is 0.401 e. The van der Waals surface area contributed by atoms with Crippen molar-refractivity contribution in [1.29, 1.82) is 0 Å². The van der Waals surface area contributed by atoms with Gasteiger partial charge in [-0.3, -0.25) is 0 Å². The van der Waals surface area contributed by atoms with Gasteiger partial charge < -0.3 is 11.1 Å². The summed E-state index contributed by atoms with van der Waals surface area (Å²) < 4.78 is 34.9. The molecule has 0 saturated heterocycles. The molecule has 0 aliphatic carbocycles. The highest BCUT2D eigenvalue weighted by molar-refractivity contribution is 4.72. The van der Waals surface area contributed by atoms with E-state index in [0.29, 0.717) is 6.54 Å². The fraction of sp³-hybridized carbons (Fsp3) is 1.00. The van der Waals surface area contributed by atoms with Crippen LogP contribution in [-0.4, -0.2) is 25.8 Å². The Balaban J connectivity index is 3.57. The molecular weight excluding hydrogens is 169 g/mol. The first kappa shape index (κ1) is 11.7. The van der Waals surface area contributed by atoms with Crippen LogP contribution in [0.3, 0.4) is 0 Å². The average Bonchev–Trinajstić information content (AvgIpc) is 1.84. The van der Waals surface area contributed by atoms with Crippen molar-refractivity contribution in [3.05, 3.63) is 0 Å². The third-order valence-electron chi connectivity index (χ3n) is 1.48. The van der Waals surface area contributed by atoms with E-state index in [1.807, 2.05) is 13.8 Å². The second-order valence-electron chi connectivity index (χ2n) is 3.59. The SMILES string of the molecule is CC(C)(CN)CNCC(F)(F)F. The van der Waals surface area contributed by atoms with Crippen LogP contribution in [0.4, 0.5) is 13.2 Å². The average molecular weight is 184 g/mol. The minimum atomic E-state index is -4.13. The topological polar surface area (TPSA) is 38.0 Å². The van der Waals surface area contributed by atoms with Crippen LogP contribution in [0.1, 0.15) is 13.8 Å². The van der Waals surface area contributed by atoms with Gasteiger partial charge in [-0.25, -0.2) is 0 Å². The van der Waals surface area contributed by atoms with Crippen molar-refractivity contribution in [2.24, 2.45) is 11.1 Å². The maximum atomic E-state index is 11.6. The molecule has 0 heterocycles. The highest BCUT2D eigenvalue weighted by Crippen LogP contribution is 2.14. The fourth-order valence-electron chi connectivity index (χ4n) is 0.615. The molecule has 5 heteroatoms. The first-order valence-electron chi connectivity index (χ1n) is 3.74. The molecule has 0 atom stereocenters. The van der Waals surface area contributed by atoms with Crippen molar-refractivity contribution < 1.29 is 13.2 Å². The van der Waals surface area contributed by atoms with E-state index in [4.69, 9.17) is 5.73 Å². The Morgan fingerprint density at radius 1 is 1.17 bits per heavy atom. The highest BCUT2D eigenvalue weighted by Gasteiger charge is 2.27. The summed E-state index contributed by atoms with van der Waals surface area (Å²) in [6.07, 6.45) is -4.13. The molecule has 74 valence electrons. The molecule has 12 heavy (non-hydrogen) atoms. The smallest absolute Gasteiger partial charge is 0.330 e. The molecule has 0 aromatic heterocycles. The Kier molecular flexibility index (Phi) is 3.99. The summed E-state index contributed by atoms with van der Waals surface area (Å²) in [5.74, 6) is 0. The van der Waals surface area contributed by atoms with Crippen LogP contribution in [0, 0.1) is 5.41 Å². The van der Waals surface area contributed by atoms with Crippen molar-refractivity contribution in [3.8, 4) is 0 Å². The zero-order chi connectivity index (χ0) is 9.83. The second kappa shape index (κ2) is 4.09. The molecule has 0 rings (SSSR count). The minimum absolute atomic E-state index is 0.273. The number of nitrogens with one attached hydrogen (secondary N) is 1. The summed E-state index contributed by atoms with van der Waals surface area (Å²) in [7, 11) is 0. The van der Waals surface area contributed by atoms with E-state index in [0.717, 1.165) is 0 Å². The Labute approximate surface area is 70.3 Å². The predicted molar refractivity (Wildman–Crippen MR) is 41.8 cm³/mol. The molecule has 0 bridgehead atoms. The predicted octanol–water partition coefficient (Wildman–Crippen LogP) is 1.12. The fourth-order valence-corrected chi connectivity index (χ4v) is 0.615. The monoisotopic (exact) mass is 184 g/mol. The molecule has 0 saturated carbocycles.